The van der Waals surface area contributed by atoms with Crippen LogP contribution in [0.25, 0.3) is 22.4 Å². The SMILES string of the molecule is C[n+]1ccccc1-c1ccc(-c2ccc(N3C[C@H](CO)OC3=O)cc2F)cc1.[Cl-]. The molecule has 0 spiro atoms. The van der Waals surface area contributed by atoms with E-state index >= 15 is 0 Å². The van der Waals surface area contributed by atoms with Gasteiger partial charge in [0.2, 0.25) is 5.69 Å². The van der Waals surface area contributed by atoms with Crippen LogP contribution in [0.1, 0.15) is 0 Å². The van der Waals surface area contributed by atoms with Gasteiger partial charge in [-0.25, -0.2) is 13.8 Å². The second-order valence-electron chi connectivity index (χ2n) is 6.74. The summed E-state index contributed by atoms with van der Waals surface area (Å²) in [6.45, 7) is -0.0504. The van der Waals surface area contributed by atoms with Gasteiger partial charge >= 0.3 is 6.09 Å². The number of nitrogens with zero attached hydrogens (tertiary/aromatic N) is 2. The maximum absolute atomic E-state index is 14.8. The lowest BCUT2D eigenvalue weighted by Gasteiger charge is -2.14. The number of hydrogen-bond donors (Lipinski definition) is 1. The number of rotatable bonds is 4. The minimum Gasteiger partial charge on any atom is -1.00 e. The molecule has 1 amide bonds. The van der Waals surface area contributed by atoms with Gasteiger partial charge in [-0.15, -0.1) is 0 Å². The van der Waals surface area contributed by atoms with Crippen LogP contribution in [0.2, 0.25) is 0 Å². The second kappa shape index (κ2) is 8.59. The van der Waals surface area contributed by atoms with Crippen molar-refractivity contribution in [1.82, 2.24) is 0 Å². The van der Waals surface area contributed by atoms with Crippen LogP contribution in [0.5, 0.6) is 0 Å². The number of amides is 1. The topological polar surface area (TPSA) is 53.6 Å². The zero-order valence-electron chi connectivity index (χ0n) is 15.8. The van der Waals surface area contributed by atoms with E-state index in [2.05, 4.69) is 0 Å². The number of anilines is 1. The van der Waals surface area contributed by atoms with Crippen LogP contribution in [0.15, 0.2) is 66.9 Å². The fraction of sp³-hybridized carbons (Fsp3) is 0.182. The molecule has 1 atom stereocenters. The number of benzene rings is 2. The zero-order chi connectivity index (χ0) is 19.7. The lowest BCUT2D eigenvalue weighted by molar-refractivity contribution is -0.660. The van der Waals surface area contributed by atoms with E-state index in [1.165, 1.54) is 11.0 Å². The average molecular weight is 415 g/mol. The molecule has 1 N–H and O–H groups in total. The van der Waals surface area contributed by atoms with Crippen molar-refractivity contribution in [3.8, 4) is 22.4 Å². The van der Waals surface area contributed by atoms with Gasteiger partial charge in [0.25, 0.3) is 0 Å². The molecule has 7 heteroatoms. The fourth-order valence-corrected chi connectivity index (χ4v) is 3.38. The Kier molecular flexibility index (Phi) is 6.15. The van der Waals surface area contributed by atoms with E-state index in [1.54, 1.807) is 12.1 Å². The molecule has 1 aliphatic rings. The van der Waals surface area contributed by atoms with Crippen LogP contribution in [0, 0.1) is 5.82 Å². The number of aliphatic hydroxyl groups is 1. The minimum atomic E-state index is -0.581. The molecule has 0 bridgehead atoms. The number of halogens is 2. The van der Waals surface area contributed by atoms with Gasteiger partial charge in [-0.1, -0.05) is 12.1 Å². The first-order chi connectivity index (χ1) is 13.6. The molecule has 1 aliphatic heterocycles. The summed E-state index contributed by atoms with van der Waals surface area (Å²) < 4.78 is 21.8. The molecule has 29 heavy (non-hydrogen) atoms. The van der Waals surface area contributed by atoms with Crippen molar-refractivity contribution in [2.24, 2.45) is 7.05 Å². The summed E-state index contributed by atoms with van der Waals surface area (Å²) >= 11 is 0. The molecule has 0 aliphatic carbocycles. The first kappa shape index (κ1) is 20.8. The Hall–Kier alpha value is -2.96. The number of ether oxygens (including phenoxy) is 1. The summed E-state index contributed by atoms with van der Waals surface area (Å²) in [6, 6.07) is 18.3. The highest BCUT2D eigenvalue weighted by molar-refractivity contribution is 5.90. The summed E-state index contributed by atoms with van der Waals surface area (Å²) in [4.78, 5) is 13.2. The summed E-state index contributed by atoms with van der Waals surface area (Å²) in [7, 11) is 1.98. The van der Waals surface area contributed by atoms with Crippen molar-refractivity contribution in [2.45, 2.75) is 6.10 Å². The molecular weight excluding hydrogens is 395 g/mol. The molecule has 150 valence electrons. The number of carbonyl (C=O) groups is 1. The molecule has 0 unspecified atom stereocenters. The Morgan fingerprint density at radius 2 is 1.86 bits per heavy atom. The number of cyclic esters (lactones) is 1. The van der Waals surface area contributed by atoms with Gasteiger partial charge < -0.3 is 22.3 Å². The predicted molar refractivity (Wildman–Crippen MR) is 103 cm³/mol. The molecule has 3 aromatic rings. The number of aryl methyl sites for hydroxylation is 1. The smallest absolute Gasteiger partial charge is 0.414 e. The molecule has 1 saturated heterocycles. The number of aromatic nitrogens is 1. The highest BCUT2D eigenvalue weighted by Crippen LogP contribution is 2.30. The van der Waals surface area contributed by atoms with Crippen LogP contribution in [0.3, 0.4) is 0 Å². The molecule has 5 nitrogen and oxygen atoms in total. The standard InChI is InChI=1S/C22H20FN2O3.ClH/c1-24-11-3-2-4-21(24)16-7-5-15(6-8-16)19-10-9-17(12-20(19)23)25-13-18(14-26)28-22(25)27;/h2-12,18,26H,13-14H2,1H3;1H/q+1;/p-1/t18-;/m1./s1. The van der Waals surface area contributed by atoms with Gasteiger partial charge in [-0.05, 0) is 42.0 Å². The van der Waals surface area contributed by atoms with Gasteiger partial charge in [-0.3, -0.25) is 4.90 Å². The van der Waals surface area contributed by atoms with E-state index < -0.39 is 18.0 Å². The van der Waals surface area contributed by atoms with E-state index in [0.717, 1.165) is 16.8 Å². The Balaban J connectivity index is 0.00000240. The quantitative estimate of drug-likeness (QED) is 0.625. The summed E-state index contributed by atoms with van der Waals surface area (Å²) in [5, 5.41) is 9.14. The number of hydrogen-bond acceptors (Lipinski definition) is 3. The van der Waals surface area contributed by atoms with Crippen LogP contribution in [-0.4, -0.2) is 30.5 Å². The monoisotopic (exact) mass is 414 g/mol. The first-order valence-corrected chi connectivity index (χ1v) is 9.01. The third-order valence-corrected chi connectivity index (χ3v) is 4.89. The van der Waals surface area contributed by atoms with Crippen molar-refractivity contribution >= 4 is 11.8 Å². The van der Waals surface area contributed by atoms with Crippen molar-refractivity contribution < 1.29 is 36.0 Å². The average Bonchev–Trinajstić information content (AvgIpc) is 3.09. The molecule has 4 rings (SSSR count). The van der Waals surface area contributed by atoms with Crippen LogP contribution >= 0.6 is 0 Å². The van der Waals surface area contributed by atoms with E-state index in [1.807, 2.05) is 60.3 Å². The highest BCUT2D eigenvalue weighted by Gasteiger charge is 2.32. The van der Waals surface area contributed by atoms with Gasteiger partial charge in [0.1, 0.15) is 19.0 Å². The molecule has 2 aromatic carbocycles. The third-order valence-electron chi connectivity index (χ3n) is 4.89. The molecule has 1 fully saturated rings. The maximum Gasteiger partial charge on any atom is 0.414 e. The predicted octanol–water partition coefficient (Wildman–Crippen LogP) is 0.306. The Morgan fingerprint density at radius 1 is 1.14 bits per heavy atom. The van der Waals surface area contributed by atoms with Gasteiger partial charge in [0, 0.05) is 23.3 Å². The van der Waals surface area contributed by atoms with Crippen LogP contribution in [0.4, 0.5) is 14.9 Å². The summed E-state index contributed by atoms with van der Waals surface area (Å²) in [5.41, 5.74) is 3.73. The van der Waals surface area contributed by atoms with Crippen molar-refractivity contribution in [2.75, 3.05) is 18.1 Å². The number of aliphatic hydroxyl groups excluding tert-OH is 1. The molecule has 1 aromatic heterocycles. The molecule has 0 radical (unpaired) electrons. The molecule has 2 heterocycles. The van der Waals surface area contributed by atoms with Crippen LogP contribution < -0.4 is 21.9 Å². The number of pyridine rings is 1. The van der Waals surface area contributed by atoms with Gasteiger partial charge in [0.05, 0.1) is 18.8 Å². The molecule has 0 saturated carbocycles. The Bertz CT molecular complexity index is 1030. The fourth-order valence-electron chi connectivity index (χ4n) is 3.38. The highest BCUT2D eigenvalue weighted by atomic mass is 35.5. The third kappa shape index (κ3) is 4.09. The second-order valence-corrected chi connectivity index (χ2v) is 6.74. The van der Waals surface area contributed by atoms with Crippen LogP contribution in [-0.2, 0) is 11.8 Å². The normalized spacial score (nSPS) is 15.8. The van der Waals surface area contributed by atoms with Gasteiger partial charge in [0.15, 0.2) is 6.20 Å². The van der Waals surface area contributed by atoms with Crippen molar-refractivity contribution in [1.29, 1.82) is 0 Å². The number of carbonyl (C=O) groups excluding carboxylic acids is 1. The summed E-state index contributed by atoms with van der Waals surface area (Å²) in [6.07, 6.45) is 0.820. The van der Waals surface area contributed by atoms with E-state index in [-0.39, 0.29) is 25.6 Å². The van der Waals surface area contributed by atoms with E-state index in [4.69, 9.17) is 9.84 Å². The van der Waals surface area contributed by atoms with Crippen molar-refractivity contribution in [3.63, 3.8) is 0 Å². The summed E-state index contributed by atoms with van der Waals surface area (Å²) in [5.74, 6) is -0.421. The minimum absolute atomic E-state index is 0. The Morgan fingerprint density at radius 3 is 2.48 bits per heavy atom. The first-order valence-electron chi connectivity index (χ1n) is 9.01. The largest absolute Gasteiger partial charge is 1.00 e. The van der Waals surface area contributed by atoms with Crippen molar-refractivity contribution in [3.05, 3.63) is 72.7 Å². The lowest BCUT2D eigenvalue weighted by atomic mass is 10.0. The Labute approximate surface area is 174 Å². The maximum atomic E-state index is 14.8. The lowest BCUT2D eigenvalue weighted by Crippen LogP contribution is -3.00. The molecular formula is C22H20ClFN2O3. The zero-order valence-corrected chi connectivity index (χ0v) is 16.5. The van der Waals surface area contributed by atoms with E-state index in [0.29, 0.717) is 11.3 Å². The van der Waals surface area contributed by atoms with Gasteiger partial charge in [-0.2, -0.15) is 0 Å². The van der Waals surface area contributed by atoms with E-state index in [9.17, 15) is 9.18 Å².